The van der Waals surface area contributed by atoms with Crippen LogP contribution in [-0.4, -0.2) is 43.4 Å². The Morgan fingerprint density at radius 3 is 2.61 bits per heavy atom. The summed E-state index contributed by atoms with van der Waals surface area (Å²) in [6, 6.07) is 7.79. The fourth-order valence-electron chi connectivity index (χ4n) is 1.69. The van der Waals surface area contributed by atoms with E-state index in [0.29, 0.717) is 13.1 Å². The number of hydrogen-bond donors (Lipinski definition) is 3. The fourth-order valence-corrected chi connectivity index (χ4v) is 2.06. The van der Waals surface area contributed by atoms with Crippen molar-refractivity contribution >= 4 is 45.9 Å². The molecule has 0 saturated carbocycles. The molecule has 5 nitrogen and oxygen atoms in total. The zero-order valence-electron chi connectivity index (χ0n) is 13.9. The molecule has 1 rings (SSSR count). The minimum atomic E-state index is -0.00202. The average Bonchev–Trinajstić information content (AvgIpc) is 2.52. The summed E-state index contributed by atoms with van der Waals surface area (Å²) in [4.78, 5) is 4.45. The van der Waals surface area contributed by atoms with Crippen LogP contribution in [0, 0.1) is 5.92 Å². The first-order chi connectivity index (χ1) is 10.6. The molecule has 0 aliphatic rings. The second-order valence-electron chi connectivity index (χ2n) is 5.25. The Morgan fingerprint density at radius 2 is 2.00 bits per heavy atom. The molecule has 3 N–H and O–H groups in total. The van der Waals surface area contributed by atoms with Crippen LogP contribution < -0.4 is 15.4 Å². The molecule has 0 amide bonds. The molecule has 132 valence electrons. The van der Waals surface area contributed by atoms with Gasteiger partial charge in [-0.05, 0) is 47.8 Å². The molecule has 7 heteroatoms. The molecule has 0 fully saturated rings. The maximum atomic E-state index is 9.05. The van der Waals surface area contributed by atoms with Gasteiger partial charge in [0.05, 0.1) is 11.0 Å². The minimum Gasteiger partial charge on any atom is -0.488 e. The SMILES string of the molecule is CCNC(=NCC(C)CO)NCC(C)Oc1ccccc1Br.I. The van der Waals surface area contributed by atoms with E-state index in [-0.39, 0.29) is 42.6 Å². The summed E-state index contributed by atoms with van der Waals surface area (Å²) in [5.74, 6) is 1.72. The lowest BCUT2D eigenvalue weighted by Gasteiger charge is -2.18. The Labute approximate surface area is 164 Å². The predicted molar refractivity (Wildman–Crippen MR) is 110 cm³/mol. The van der Waals surface area contributed by atoms with Crippen LogP contribution in [0.1, 0.15) is 20.8 Å². The molecule has 1 aromatic rings. The predicted octanol–water partition coefficient (Wildman–Crippen LogP) is 3.02. The number of rotatable bonds is 8. The lowest BCUT2D eigenvalue weighted by molar-refractivity contribution is 0.222. The van der Waals surface area contributed by atoms with Crippen molar-refractivity contribution in [2.45, 2.75) is 26.9 Å². The molecule has 0 heterocycles. The average molecular weight is 500 g/mol. The maximum absolute atomic E-state index is 9.05. The highest BCUT2D eigenvalue weighted by molar-refractivity contribution is 14.0. The van der Waals surface area contributed by atoms with Gasteiger partial charge in [-0.3, -0.25) is 4.99 Å². The third kappa shape index (κ3) is 9.36. The van der Waals surface area contributed by atoms with Crippen LogP contribution in [0.5, 0.6) is 5.75 Å². The summed E-state index contributed by atoms with van der Waals surface area (Å²) in [6.45, 7) is 8.15. The highest BCUT2D eigenvalue weighted by atomic mass is 127. The van der Waals surface area contributed by atoms with E-state index in [1.807, 2.05) is 45.0 Å². The Hall–Kier alpha value is -0.540. The lowest BCUT2D eigenvalue weighted by atomic mass is 10.2. The number of aliphatic imine (C=N–C) groups is 1. The van der Waals surface area contributed by atoms with Crippen molar-refractivity contribution in [2.75, 3.05) is 26.2 Å². The first-order valence-electron chi connectivity index (χ1n) is 7.61. The van der Waals surface area contributed by atoms with E-state index in [1.165, 1.54) is 0 Å². The first-order valence-corrected chi connectivity index (χ1v) is 8.40. The Morgan fingerprint density at radius 1 is 1.30 bits per heavy atom. The van der Waals surface area contributed by atoms with Crippen LogP contribution in [0.4, 0.5) is 0 Å². The monoisotopic (exact) mass is 499 g/mol. The summed E-state index contributed by atoms with van der Waals surface area (Å²) < 4.78 is 6.83. The van der Waals surface area contributed by atoms with E-state index in [9.17, 15) is 0 Å². The highest BCUT2D eigenvalue weighted by Crippen LogP contribution is 2.24. The molecule has 0 aromatic heterocycles. The van der Waals surface area contributed by atoms with Crippen molar-refractivity contribution in [2.24, 2.45) is 10.9 Å². The molecule has 2 unspecified atom stereocenters. The van der Waals surface area contributed by atoms with Gasteiger partial charge in [0.2, 0.25) is 0 Å². The number of nitrogens with zero attached hydrogens (tertiary/aromatic N) is 1. The second kappa shape index (κ2) is 12.8. The highest BCUT2D eigenvalue weighted by Gasteiger charge is 2.08. The zero-order valence-corrected chi connectivity index (χ0v) is 17.8. The number of halogens is 2. The number of ether oxygens (including phenoxy) is 1. The molecular formula is C16H27BrIN3O2. The fraction of sp³-hybridized carbons (Fsp3) is 0.562. The lowest BCUT2D eigenvalue weighted by Crippen LogP contribution is -2.42. The first kappa shape index (κ1) is 22.5. The van der Waals surface area contributed by atoms with Crippen molar-refractivity contribution in [1.29, 1.82) is 0 Å². The zero-order chi connectivity index (χ0) is 16.4. The van der Waals surface area contributed by atoms with Crippen LogP contribution in [0.3, 0.4) is 0 Å². The molecule has 0 bridgehead atoms. The molecule has 0 aliphatic heterocycles. The van der Waals surface area contributed by atoms with Crippen molar-refractivity contribution in [3.63, 3.8) is 0 Å². The van der Waals surface area contributed by atoms with E-state index in [0.717, 1.165) is 22.7 Å². The van der Waals surface area contributed by atoms with Gasteiger partial charge in [0.1, 0.15) is 11.9 Å². The molecule has 0 radical (unpaired) electrons. The largest absolute Gasteiger partial charge is 0.488 e. The van der Waals surface area contributed by atoms with Gasteiger partial charge >= 0.3 is 0 Å². The van der Waals surface area contributed by atoms with Gasteiger partial charge in [0.25, 0.3) is 0 Å². The summed E-state index contributed by atoms with van der Waals surface area (Å²) in [7, 11) is 0. The Balaban J connectivity index is 0.00000484. The van der Waals surface area contributed by atoms with Crippen molar-refractivity contribution in [3.05, 3.63) is 28.7 Å². The third-order valence-corrected chi connectivity index (χ3v) is 3.59. The normalized spacial score (nSPS) is 13.7. The molecule has 23 heavy (non-hydrogen) atoms. The van der Waals surface area contributed by atoms with E-state index in [4.69, 9.17) is 9.84 Å². The topological polar surface area (TPSA) is 65.9 Å². The number of benzene rings is 1. The van der Waals surface area contributed by atoms with Crippen molar-refractivity contribution in [3.8, 4) is 5.75 Å². The number of nitrogens with one attached hydrogen (secondary N) is 2. The van der Waals surface area contributed by atoms with Gasteiger partial charge in [-0.25, -0.2) is 0 Å². The smallest absolute Gasteiger partial charge is 0.191 e. The standard InChI is InChI=1S/C16H26BrN3O2.HI/c1-4-18-16(19-9-12(2)11-21)20-10-13(3)22-15-8-6-5-7-14(15)17;/h5-8,12-13,21H,4,9-11H2,1-3H3,(H2,18,19,20);1H. The number of aliphatic hydroxyl groups is 1. The Kier molecular flexibility index (Phi) is 12.5. The summed E-state index contributed by atoms with van der Waals surface area (Å²) in [5, 5.41) is 15.5. The number of hydrogen-bond acceptors (Lipinski definition) is 3. The van der Waals surface area contributed by atoms with Crippen LogP contribution in [0.15, 0.2) is 33.7 Å². The van der Waals surface area contributed by atoms with Gasteiger partial charge in [-0.1, -0.05) is 19.1 Å². The molecule has 0 saturated heterocycles. The van der Waals surface area contributed by atoms with Gasteiger partial charge in [-0.15, -0.1) is 24.0 Å². The maximum Gasteiger partial charge on any atom is 0.191 e. The van der Waals surface area contributed by atoms with E-state index in [1.54, 1.807) is 0 Å². The van der Waals surface area contributed by atoms with E-state index >= 15 is 0 Å². The summed E-state index contributed by atoms with van der Waals surface area (Å²) in [5.41, 5.74) is 0. The summed E-state index contributed by atoms with van der Waals surface area (Å²) in [6.07, 6.45) is -0.00202. The minimum absolute atomic E-state index is 0. The number of para-hydroxylation sites is 1. The van der Waals surface area contributed by atoms with E-state index in [2.05, 4.69) is 31.6 Å². The summed E-state index contributed by atoms with van der Waals surface area (Å²) >= 11 is 3.47. The second-order valence-corrected chi connectivity index (χ2v) is 6.10. The molecule has 1 aromatic carbocycles. The number of aliphatic hydroxyl groups excluding tert-OH is 1. The van der Waals surface area contributed by atoms with E-state index < -0.39 is 0 Å². The third-order valence-electron chi connectivity index (χ3n) is 2.94. The van der Waals surface area contributed by atoms with Crippen molar-refractivity contribution < 1.29 is 9.84 Å². The number of guanidine groups is 1. The molecule has 2 atom stereocenters. The molecular weight excluding hydrogens is 473 g/mol. The van der Waals surface area contributed by atoms with Crippen LogP contribution in [0.25, 0.3) is 0 Å². The van der Waals surface area contributed by atoms with Crippen LogP contribution in [0.2, 0.25) is 0 Å². The quantitative estimate of drug-likeness (QED) is 0.292. The van der Waals surface area contributed by atoms with Gasteiger partial charge in [-0.2, -0.15) is 0 Å². The van der Waals surface area contributed by atoms with Crippen LogP contribution in [-0.2, 0) is 0 Å². The molecule has 0 spiro atoms. The van der Waals surface area contributed by atoms with Crippen LogP contribution >= 0.6 is 39.9 Å². The van der Waals surface area contributed by atoms with Gasteiger partial charge in [0.15, 0.2) is 5.96 Å². The van der Waals surface area contributed by atoms with Gasteiger partial charge in [0, 0.05) is 19.7 Å². The van der Waals surface area contributed by atoms with Gasteiger partial charge < -0.3 is 20.5 Å². The van der Waals surface area contributed by atoms with Crippen molar-refractivity contribution in [1.82, 2.24) is 10.6 Å². The molecule has 0 aliphatic carbocycles. The Bertz CT molecular complexity index is 474.